The summed E-state index contributed by atoms with van der Waals surface area (Å²) >= 11 is 7.58. The minimum atomic E-state index is -0.712. The molecule has 0 unspecified atom stereocenters. The monoisotopic (exact) mass is 360 g/mol. The quantitative estimate of drug-likeness (QED) is 0.634. The van der Waals surface area contributed by atoms with Crippen LogP contribution in [-0.4, -0.2) is 4.99 Å². The molecule has 0 saturated carbocycles. The van der Waals surface area contributed by atoms with E-state index in [4.69, 9.17) is 18.0 Å². The highest BCUT2D eigenvalue weighted by Gasteiger charge is 2.11. The Bertz CT molecular complexity index is 692. The van der Waals surface area contributed by atoms with E-state index in [9.17, 15) is 13.2 Å². The summed E-state index contributed by atoms with van der Waals surface area (Å²) in [5, 5.41) is 2.48. The normalized spacial score (nSPS) is 10.4. The van der Waals surface area contributed by atoms with E-state index in [1.165, 1.54) is 12.1 Å². The molecule has 0 heterocycles. The van der Waals surface area contributed by atoms with Crippen LogP contribution >= 0.6 is 28.1 Å². The van der Waals surface area contributed by atoms with Gasteiger partial charge in [0.15, 0.2) is 0 Å². The minimum Gasteiger partial charge on any atom is -0.389 e. The van der Waals surface area contributed by atoms with Crippen LogP contribution in [0.25, 0.3) is 0 Å². The van der Waals surface area contributed by atoms with E-state index in [1.54, 1.807) is 0 Å². The second-order valence-electron chi connectivity index (χ2n) is 3.93. The number of anilines is 2. The number of nitrogens with one attached hydrogen (secondary N) is 1. The highest BCUT2D eigenvalue weighted by molar-refractivity contribution is 9.10. The van der Waals surface area contributed by atoms with Crippen LogP contribution in [0.2, 0.25) is 0 Å². The number of nitrogens with two attached hydrogens (primary N) is 1. The van der Waals surface area contributed by atoms with E-state index in [0.29, 0.717) is 5.56 Å². The summed E-state index contributed by atoms with van der Waals surface area (Å²) in [7, 11) is 0. The first-order valence-corrected chi connectivity index (χ1v) is 6.59. The van der Waals surface area contributed by atoms with Crippen molar-refractivity contribution in [2.75, 3.05) is 5.32 Å². The molecule has 20 heavy (non-hydrogen) atoms. The van der Waals surface area contributed by atoms with E-state index >= 15 is 0 Å². The summed E-state index contributed by atoms with van der Waals surface area (Å²) in [6, 6.07) is 5.85. The van der Waals surface area contributed by atoms with Crippen molar-refractivity contribution in [3.05, 3.63) is 57.8 Å². The smallest absolute Gasteiger partial charge is 0.147 e. The zero-order valence-electron chi connectivity index (χ0n) is 9.88. The van der Waals surface area contributed by atoms with Crippen molar-refractivity contribution < 1.29 is 13.2 Å². The summed E-state index contributed by atoms with van der Waals surface area (Å²) in [6.45, 7) is 0. The highest BCUT2D eigenvalue weighted by Crippen LogP contribution is 2.27. The first-order chi connectivity index (χ1) is 9.38. The molecule has 2 nitrogen and oxygen atoms in total. The van der Waals surface area contributed by atoms with Crippen LogP contribution in [-0.2, 0) is 0 Å². The Balaban J connectivity index is 2.35. The van der Waals surface area contributed by atoms with Gasteiger partial charge in [-0.05, 0) is 40.2 Å². The Kier molecular flexibility index (Phi) is 4.29. The van der Waals surface area contributed by atoms with Gasteiger partial charge in [-0.25, -0.2) is 13.2 Å². The van der Waals surface area contributed by atoms with Crippen LogP contribution in [0.3, 0.4) is 0 Å². The largest absolute Gasteiger partial charge is 0.389 e. The SMILES string of the molecule is NC(=S)c1ccc(Nc2cc(F)c(Br)cc2F)c(F)c1. The lowest BCUT2D eigenvalue weighted by atomic mass is 10.2. The van der Waals surface area contributed by atoms with E-state index in [2.05, 4.69) is 21.2 Å². The van der Waals surface area contributed by atoms with E-state index in [1.807, 2.05) is 0 Å². The molecule has 3 N–H and O–H groups in total. The molecule has 2 rings (SSSR count). The van der Waals surface area contributed by atoms with Crippen LogP contribution in [0.4, 0.5) is 24.5 Å². The van der Waals surface area contributed by atoms with Crippen molar-refractivity contribution in [1.29, 1.82) is 0 Å². The molecule has 2 aromatic rings. The van der Waals surface area contributed by atoms with Crippen molar-refractivity contribution in [2.45, 2.75) is 0 Å². The van der Waals surface area contributed by atoms with Crippen molar-refractivity contribution in [3.8, 4) is 0 Å². The summed E-state index contributed by atoms with van der Waals surface area (Å²) in [6.07, 6.45) is 0. The van der Waals surface area contributed by atoms with Crippen LogP contribution in [0.15, 0.2) is 34.8 Å². The van der Waals surface area contributed by atoms with Crippen LogP contribution in [0.5, 0.6) is 0 Å². The number of rotatable bonds is 3. The van der Waals surface area contributed by atoms with E-state index in [-0.39, 0.29) is 20.8 Å². The fourth-order valence-electron chi connectivity index (χ4n) is 1.53. The summed E-state index contributed by atoms with van der Waals surface area (Å²) < 4.78 is 40.8. The second-order valence-corrected chi connectivity index (χ2v) is 5.22. The number of halogens is 4. The molecule has 0 aliphatic rings. The Morgan fingerprint density at radius 3 is 2.25 bits per heavy atom. The van der Waals surface area contributed by atoms with Gasteiger partial charge in [0.2, 0.25) is 0 Å². The van der Waals surface area contributed by atoms with E-state index in [0.717, 1.165) is 18.2 Å². The lowest BCUT2D eigenvalue weighted by molar-refractivity contribution is 0.597. The first kappa shape index (κ1) is 14.8. The molecular formula is C13H8BrF3N2S. The molecular weight excluding hydrogens is 353 g/mol. The van der Waals surface area contributed by atoms with Crippen molar-refractivity contribution in [2.24, 2.45) is 5.73 Å². The maximum Gasteiger partial charge on any atom is 0.147 e. The zero-order valence-corrected chi connectivity index (χ0v) is 12.3. The predicted octanol–water partition coefficient (Wildman–Crippen LogP) is 4.24. The van der Waals surface area contributed by atoms with Gasteiger partial charge >= 0.3 is 0 Å². The molecule has 0 bridgehead atoms. The van der Waals surface area contributed by atoms with Gasteiger partial charge in [0, 0.05) is 11.6 Å². The van der Waals surface area contributed by atoms with Gasteiger partial charge in [-0.15, -0.1) is 0 Å². The highest BCUT2D eigenvalue weighted by atomic mass is 79.9. The van der Waals surface area contributed by atoms with E-state index < -0.39 is 17.5 Å². The molecule has 0 radical (unpaired) electrons. The molecule has 0 saturated heterocycles. The van der Waals surface area contributed by atoms with Crippen molar-refractivity contribution in [3.63, 3.8) is 0 Å². The molecule has 0 aromatic heterocycles. The molecule has 0 aliphatic heterocycles. The Labute approximate surface area is 126 Å². The topological polar surface area (TPSA) is 38.0 Å². The van der Waals surface area contributed by atoms with Gasteiger partial charge in [-0.1, -0.05) is 12.2 Å². The fourth-order valence-corrected chi connectivity index (χ4v) is 1.98. The van der Waals surface area contributed by atoms with Gasteiger partial charge < -0.3 is 11.1 Å². The molecule has 0 aliphatic carbocycles. The molecule has 104 valence electrons. The summed E-state index contributed by atoms with van der Waals surface area (Å²) in [5.41, 5.74) is 5.55. The zero-order chi connectivity index (χ0) is 14.9. The number of hydrogen-bond acceptors (Lipinski definition) is 2. The predicted molar refractivity (Wildman–Crippen MR) is 79.6 cm³/mol. The fraction of sp³-hybridized carbons (Fsp3) is 0. The van der Waals surface area contributed by atoms with Crippen LogP contribution < -0.4 is 11.1 Å². The van der Waals surface area contributed by atoms with Gasteiger partial charge in [-0.3, -0.25) is 0 Å². The molecule has 0 fully saturated rings. The third kappa shape index (κ3) is 3.10. The van der Waals surface area contributed by atoms with Gasteiger partial charge in [-0.2, -0.15) is 0 Å². The maximum atomic E-state index is 13.8. The Morgan fingerprint density at radius 1 is 1.00 bits per heavy atom. The van der Waals surface area contributed by atoms with Crippen LogP contribution in [0, 0.1) is 17.5 Å². The Morgan fingerprint density at radius 2 is 1.65 bits per heavy atom. The second kappa shape index (κ2) is 5.80. The molecule has 0 atom stereocenters. The minimum absolute atomic E-state index is 0.00868. The van der Waals surface area contributed by atoms with Crippen molar-refractivity contribution in [1.82, 2.24) is 0 Å². The number of thiocarbonyl (C=S) groups is 1. The lowest BCUT2D eigenvalue weighted by Gasteiger charge is -2.10. The average Bonchev–Trinajstić information content (AvgIpc) is 2.37. The Hall–Kier alpha value is -1.60. The van der Waals surface area contributed by atoms with Gasteiger partial charge in [0.05, 0.1) is 15.8 Å². The number of benzene rings is 2. The van der Waals surface area contributed by atoms with Crippen molar-refractivity contribution >= 4 is 44.5 Å². The standard InChI is InChI=1S/C13H8BrF3N2S/c14-7-4-10(17)12(5-8(7)15)19-11-2-1-6(13(18)20)3-9(11)16/h1-5,19H,(H2,18,20). The summed E-state index contributed by atoms with van der Waals surface area (Å²) in [4.78, 5) is 0.0521. The van der Waals surface area contributed by atoms with Gasteiger partial charge in [0.1, 0.15) is 22.4 Å². The first-order valence-electron chi connectivity index (χ1n) is 5.39. The summed E-state index contributed by atoms with van der Waals surface area (Å²) in [5.74, 6) is -2.04. The maximum absolute atomic E-state index is 13.8. The van der Waals surface area contributed by atoms with Crippen LogP contribution in [0.1, 0.15) is 5.56 Å². The molecule has 2 aromatic carbocycles. The third-order valence-electron chi connectivity index (χ3n) is 2.53. The lowest BCUT2D eigenvalue weighted by Crippen LogP contribution is -2.10. The van der Waals surface area contributed by atoms with Gasteiger partial charge in [0.25, 0.3) is 0 Å². The molecule has 7 heteroatoms. The average molecular weight is 361 g/mol. The third-order valence-corrected chi connectivity index (χ3v) is 3.38. The molecule has 0 spiro atoms. The number of hydrogen-bond donors (Lipinski definition) is 2. The molecule has 0 amide bonds.